The number of nitrogens with two attached hydrogens (primary N) is 1. The van der Waals surface area contributed by atoms with Crippen molar-refractivity contribution in [2.45, 2.75) is 26.3 Å². The van der Waals surface area contributed by atoms with Crippen LogP contribution in [0.3, 0.4) is 0 Å². The van der Waals surface area contributed by atoms with Crippen molar-refractivity contribution in [2.24, 2.45) is 0 Å². The number of hydrogen-bond acceptors (Lipinski definition) is 5. The number of rotatable bonds is 5. The summed E-state index contributed by atoms with van der Waals surface area (Å²) in [7, 11) is 1.62. The molecule has 2 rings (SSSR count). The van der Waals surface area contributed by atoms with Crippen LogP contribution in [0.15, 0.2) is 12.1 Å². The monoisotopic (exact) mass is 293 g/mol. The Kier molecular flexibility index (Phi) is 4.57. The number of pyridine rings is 1. The molecular weight excluding hydrogens is 274 g/mol. The fourth-order valence-corrected chi connectivity index (χ4v) is 3.01. The number of thiophene rings is 1. The zero-order chi connectivity index (χ0) is 14.7. The van der Waals surface area contributed by atoms with Crippen LogP contribution >= 0.6 is 11.3 Å². The summed E-state index contributed by atoms with van der Waals surface area (Å²) in [5, 5.41) is 3.78. The summed E-state index contributed by atoms with van der Waals surface area (Å²) in [6.45, 7) is 4.41. The van der Waals surface area contributed by atoms with E-state index in [0.717, 1.165) is 22.3 Å². The Morgan fingerprint density at radius 2 is 2.30 bits per heavy atom. The Balaban J connectivity index is 2.28. The minimum atomic E-state index is -0.160. The highest BCUT2D eigenvalue weighted by molar-refractivity contribution is 7.21. The van der Waals surface area contributed by atoms with E-state index >= 15 is 0 Å². The average molecular weight is 293 g/mol. The van der Waals surface area contributed by atoms with E-state index in [0.29, 0.717) is 17.2 Å². The number of ether oxygens (including phenoxy) is 1. The summed E-state index contributed by atoms with van der Waals surface area (Å²) in [4.78, 5) is 18.0. The number of aryl methyl sites for hydroxylation is 1. The van der Waals surface area contributed by atoms with Crippen molar-refractivity contribution in [3.8, 4) is 0 Å². The van der Waals surface area contributed by atoms with E-state index < -0.39 is 0 Å². The summed E-state index contributed by atoms with van der Waals surface area (Å²) < 4.78 is 5.08. The third kappa shape index (κ3) is 2.91. The number of fused-ring (bicyclic) bond motifs is 1. The molecule has 1 unspecified atom stereocenters. The Labute approximate surface area is 122 Å². The first-order chi connectivity index (χ1) is 9.56. The van der Waals surface area contributed by atoms with Crippen LogP contribution in [0.2, 0.25) is 0 Å². The molecule has 2 aromatic heterocycles. The average Bonchev–Trinajstić information content (AvgIpc) is 2.74. The van der Waals surface area contributed by atoms with Crippen molar-refractivity contribution in [1.29, 1.82) is 0 Å². The third-order valence-electron chi connectivity index (χ3n) is 3.14. The molecule has 0 spiro atoms. The van der Waals surface area contributed by atoms with Crippen LogP contribution in [0.5, 0.6) is 0 Å². The van der Waals surface area contributed by atoms with Crippen LogP contribution < -0.4 is 11.1 Å². The SMILES string of the molecule is CCC(COC)NC(=O)c1sc2nc(C)ccc2c1N. The summed E-state index contributed by atoms with van der Waals surface area (Å²) in [6, 6.07) is 3.80. The number of anilines is 1. The molecule has 20 heavy (non-hydrogen) atoms. The molecule has 0 fully saturated rings. The third-order valence-corrected chi connectivity index (χ3v) is 4.25. The van der Waals surface area contributed by atoms with Crippen LogP contribution in [0.1, 0.15) is 28.7 Å². The minimum absolute atomic E-state index is 0.00759. The van der Waals surface area contributed by atoms with Gasteiger partial charge in [-0.25, -0.2) is 4.98 Å². The van der Waals surface area contributed by atoms with Gasteiger partial charge in [0, 0.05) is 18.2 Å². The van der Waals surface area contributed by atoms with E-state index in [-0.39, 0.29) is 11.9 Å². The van der Waals surface area contributed by atoms with Gasteiger partial charge < -0.3 is 15.8 Å². The first kappa shape index (κ1) is 14.7. The zero-order valence-electron chi connectivity index (χ0n) is 11.9. The number of nitrogens with one attached hydrogen (secondary N) is 1. The molecule has 0 saturated carbocycles. The summed E-state index contributed by atoms with van der Waals surface area (Å²) in [5.74, 6) is -0.160. The van der Waals surface area contributed by atoms with Crippen LogP contribution in [0, 0.1) is 6.92 Å². The zero-order valence-corrected chi connectivity index (χ0v) is 12.7. The molecule has 6 heteroatoms. The van der Waals surface area contributed by atoms with Crippen LogP contribution in [0.4, 0.5) is 5.69 Å². The van der Waals surface area contributed by atoms with Gasteiger partial charge >= 0.3 is 0 Å². The molecule has 0 saturated heterocycles. The molecule has 5 nitrogen and oxygen atoms in total. The van der Waals surface area contributed by atoms with Crippen LogP contribution in [0.25, 0.3) is 10.2 Å². The van der Waals surface area contributed by atoms with Gasteiger partial charge in [0.15, 0.2) is 0 Å². The van der Waals surface area contributed by atoms with E-state index in [1.807, 2.05) is 26.0 Å². The number of nitrogen functional groups attached to an aromatic ring is 1. The Morgan fingerprint density at radius 3 is 2.95 bits per heavy atom. The number of carbonyl (C=O) groups is 1. The highest BCUT2D eigenvalue weighted by atomic mass is 32.1. The highest BCUT2D eigenvalue weighted by Crippen LogP contribution is 2.32. The van der Waals surface area contributed by atoms with Gasteiger partial charge in [0.05, 0.1) is 18.3 Å². The quantitative estimate of drug-likeness (QED) is 0.887. The lowest BCUT2D eigenvalue weighted by Gasteiger charge is -2.15. The molecule has 0 aliphatic rings. The lowest BCUT2D eigenvalue weighted by molar-refractivity contribution is 0.0899. The first-order valence-electron chi connectivity index (χ1n) is 6.52. The molecular formula is C14H19N3O2S. The summed E-state index contributed by atoms with van der Waals surface area (Å²) in [5.41, 5.74) is 7.47. The van der Waals surface area contributed by atoms with Gasteiger partial charge in [-0.05, 0) is 25.5 Å². The molecule has 0 radical (unpaired) electrons. The smallest absolute Gasteiger partial charge is 0.263 e. The predicted octanol–water partition coefficient (Wildman–Crippen LogP) is 2.34. The lowest BCUT2D eigenvalue weighted by atomic mass is 10.2. The highest BCUT2D eigenvalue weighted by Gasteiger charge is 2.19. The second-order valence-electron chi connectivity index (χ2n) is 4.68. The van der Waals surface area contributed by atoms with Gasteiger partial charge in [0.2, 0.25) is 0 Å². The standard InChI is InChI=1S/C14H19N3O2S/c1-4-9(7-19-3)17-13(18)12-11(15)10-6-5-8(2)16-14(10)20-12/h5-6,9H,4,7,15H2,1-3H3,(H,17,18). The first-order valence-corrected chi connectivity index (χ1v) is 7.33. The maximum absolute atomic E-state index is 12.3. The molecule has 2 aromatic rings. The fourth-order valence-electron chi connectivity index (χ4n) is 1.97. The van der Waals surface area contributed by atoms with Crippen LogP contribution in [-0.2, 0) is 4.74 Å². The van der Waals surface area contributed by atoms with E-state index in [9.17, 15) is 4.79 Å². The van der Waals surface area contributed by atoms with Crippen molar-refractivity contribution in [3.05, 3.63) is 22.7 Å². The maximum atomic E-state index is 12.3. The van der Waals surface area contributed by atoms with E-state index in [1.54, 1.807) is 7.11 Å². The maximum Gasteiger partial charge on any atom is 0.263 e. The van der Waals surface area contributed by atoms with E-state index in [2.05, 4.69) is 10.3 Å². The van der Waals surface area contributed by atoms with E-state index in [4.69, 9.17) is 10.5 Å². The van der Waals surface area contributed by atoms with Crippen molar-refractivity contribution >= 4 is 33.1 Å². The number of amides is 1. The molecule has 3 N–H and O–H groups in total. The number of carbonyl (C=O) groups excluding carboxylic acids is 1. The molecule has 0 bridgehead atoms. The minimum Gasteiger partial charge on any atom is -0.397 e. The molecule has 0 aliphatic carbocycles. The molecule has 2 heterocycles. The van der Waals surface area contributed by atoms with Gasteiger partial charge in [-0.15, -0.1) is 11.3 Å². The Hall–Kier alpha value is -1.66. The van der Waals surface area contributed by atoms with Gasteiger partial charge in [0.25, 0.3) is 5.91 Å². The fraction of sp³-hybridized carbons (Fsp3) is 0.429. The van der Waals surface area contributed by atoms with Crippen molar-refractivity contribution < 1.29 is 9.53 Å². The second kappa shape index (κ2) is 6.19. The lowest BCUT2D eigenvalue weighted by Crippen LogP contribution is -2.37. The van der Waals surface area contributed by atoms with Crippen molar-refractivity contribution in [3.63, 3.8) is 0 Å². The number of methoxy groups -OCH3 is 1. The van der Waals surface area contributed by atoms with Crippen LogP contribution in [-0.4, -0.2) is 30.6 Å². The number of nitrogens with zero attached hydrogens (tertiary/aromatic N) is 1. The molecule has 1 atom stereocenters. The topological polar surface area (TPSA) is 77.2 Å². The normalized spacial score (nSPS) is 12.6. The van der Waals surface area contributed by atoms with Gasteiger partial charge in [-0.3, -0.25) is 4.79 Å². The molecule has 0 aromatic carbocycles. The van der Waals surface area contributed by atoms with Crippen molar-refractivity contribution in [1.82, 2.24) is 10.3 Å². The Morgan fingerprint density at radius 1 is 1.55 bits per heavy atom. The van der Waals surface area contributed by atoms with E-state index in [1.165, 1.54) is 11.3 Å². The van der Waals surface area contributed by atoms with Gasteiger partial charge in [0.1, 0.15) is 9.71 Å². The van der Waals surface area contributed by atoms with Gasteiger partial charge in [-0.1, -0.05) is 6.92 Å². The molecule has 0 aliphatic heterocycles. The number of aromatic nitrogens is 1. The number of hydrogen-bond donors (Lipinski definition) is 2. The Bertz CT molecular complexity index is 624. The summed E-state index contributed by atoms with van der Waals surface area (Å²) >= 11 is 1.33. The van der Waals surface area contributed by atoms with Gasteiger partial charge in [-0.2, -0.15) is 0 Å². The second-order valence-corrected chi connectivity index (χ2v) is 5.68. The largest absolute Gasteiger partial charge is 0.397 e. The molecule has 1 amide bonds. The molecule has 108 valence electrons. The predicted molar refractivity (Wildman–Crippen MR) is 82.2 cm³/mol. The van der Waals surface area contributed by atoms with Crippen molar-refractivity contribution in [2.75, 3.05) is 19.5 Å². The summed E-state index contributed by atoms with van der Waals surface area (Å²) in [6.07, 6.45) is 0.807.